The average molecular weight is 244 g/mol. The van der Waals surface area contributed by atoms with Crippen LogP contribution in [0.3, 0.4) is 0 Å². The first-order valence-corrected chi connectivity index (χ1v) is 5.35. The lowest BCUT2D eigenvalue weighted by atomic mass is 10.1. The third-order valence-electron chi connectivity index (χ3n) is 2.21. The van der Waals surface area contributed by atoms with Gasteiger partial charge >= 0.3 is 5.97 Å². The number of nitrogens with zero attached hydrogens (tertiary/aromatic N) is 2. The molecule has 0 atom stereocenters. The molecule has 0 N–H and O–H groups in total. The molecule has 0 aliphatic heterocycles. The molecule has 0 unspecified atom stereocenters. The minimum absolute atomic E-state index is 0.155. The maximum atomic E-state index is 10.9. The largest absolute Gasteiger partial charge is 0.479 e. The summed E-state index contributed by atoms with van der Waals surface area (Å²) >= 11 is 0. The number of esters is 1. The molecule has 0 saturated carbocycles. The smallest absolute Gasteiger partial charge is 0.309 e. The lowest BCUT2D eigenvalue weighted by Gasteiger charge is -2.08. The molecule has 0 amide bonds. The molecular formula is C13H12N2O3. The molecule has 0 aliphatic carbocycles. The molecule has 5 nitrogen and oxygen atoms in total. The van der Waals surface area contributed by atoms with E-state index in [-0.39, 0.29) is 5.88 Å². The summed E-state index contributed by atoms with van der Waals surface area (Å²) in [5.41, 5.74) is 1.38. The Morgan fingerprint density at radius 3 is 2.56 bits per heavy atom. The minimum atomic E-state index is -0.437. The maximum Gasteiger partial charge on any atom is 0.309 e. The predicted molar refractivity (Wildman–Crippen MR) is 65.3 cm³/mol. The van der Waals surface area contributed by atoms with Crippen molar-refractivity contribution >= 4 is 5.97 Å². The van der Waals surface area contributed by atoms with Crippen LogP contribution in [-0.2, 0) is 4.79 Å². The molecule has 5 heteroatoms. The van der Waals surface area contributed by atoms with Crippen LogP contribution in [0.15, 0.2) is 36.5 Å². The summed E-state index contributed by atoms with van der Waals surface area (Å²) in [4.78, 5) is 19.2. The maximum absolute atomic E-state index is 10.9. The van der Waals surface area contributed by atoms with Gasteiger partial charge in [0.05, 0.1) is 13.3 Å². The number of hydrogen-bond acceptors (Lipinski definition) is 5. The van der Waals surface area contributed by atoms with E-state index in [1.54, 1.807) is 0 Å². The first kappa shape index (κ1) is 12.0. The number of aromatic nitrogens is 2. The van der Waals surface area contributed by atoms with E-state index in [1.807, 2.05) is 30.3 Å². The van der Waals surface area contributed by atoms with Gasteiger partial charge in [0.2, 0.25) is 11.8 Å². The zero-order chi connectivity index (χ0) is 13.0. The summed E-state index contributed by atoms with van der Waals surface area (Å²) in [7, 11) is 1.52. The van der Waals surface area contributed by atoms with Gasteiger partial charge in [0, 0.05) is 12.5 Å². The van der Waals surface area contributed by atoms with Crippen LogP contribution >= 0.6 is 0 Å². The lowest BCUT2D eigenvalue weighted by Crippen LogP contribution is -2.05. The van der Waals surface area contributed by atoms with Gasteiger partial charge in [-0.2, -0.15) is 0 Å². The first-order valence-electron chi connectivity index (χ1n) is 5.35. The zero-order valence-electron chi connectivity index (χ0n) is 10.1. The minimum Gasteiger partial charge on any atom is -0.479 e. The van der Waals surface area contributed by atoms with Gasteiger partial charge < -0.3 is 9.47 Å². The molecule has 0 fully saturated rings. The Kier molecular flexibility index (Phi) is 3.52. The van der Waals surface area contributed by atoms with E-state index < -0.39 is 5.97 Å². The van der Waals surface area contributed by atoms with Crippen molar-refractivity contribution in [2.24, 2.45) is 0 Å². The van der Waals surface area contributed by atoms with Gasteiger partial charge in [-0.1, -0.05) is 30.3 Å². The number of rotatable bonds is 3. The topological polar surface area (TPSA) is 61.3 Å². The number of ether oxygens (including phenoxy) is 2. The average Bonchev–Trinajstić information content (AvgIpc) is 2.39. The summed E-state index contributed by atoms with van der Waals surface area (Å²) in [5, 5.41) is 0. The molecule has 2 rings (SSSR count). The van der Waals surface area contributed by atoms with Crippen LogP contribution < -0.4 is 9.47 Å². The fourth-order valence-electron chi connectivity index (χ4n) is 1.49. The number of carbonyl (C=O) groups excluding carboxylic acids is 1. The summed E-state index contributed by atoms with van der Waals surface area (Å²) in [6, 6.07) is 9.43. The van der Waals surface area contributed by atoms with Gasteiger partial charge in [0.25, 0.3) is 0 Å². The molecule has 0 aliphatic rings. The Labute approximate surface area is 104 Å². The van der Waals surface area contributed by atoms with Gasteiger partial charge in [-0.05, 0) is 0 Å². The fourth-order valence-corrected chi connectivity index (χ4v) is 1.49. The Morgan fingerprint density at radius 1 is 1.22 bits per heavy atom. The Morgan fingerprint density at radius 2 is 1.94 bits per heavy atom. The van der Waals surface area contributed by atoms with Crippen LogP contribution in [0.5, 0.6) is 11.8 Å². The lowest BCUT2D eigenvalue weighted by molar-refractivity contribution is -0.132. The molecule has 0 spiro atoms. The normalized spacial score (nSPS) is 9.89. The zero-order valence-corrected chi connectivity index (χ0v) is 10.1. The van der Waals surface area contributed by atoms with Crippen molar-refractivity contribution in [1.82, 2.24) is 9.97 Å². The highest BCUT2D eigenvalue weighted by atomic mass is 16.5. The summed E-state index contributed by atoms with van der Waals surface area (Å²) < 4.78 is 10.1. The number of carbonyl (C=O) groups is 1. The van der Waals surface area contributed by atoms with E-state index in [2.05, 4.69) is 9.97 Å². The van der Waals surface area contributed by atoms with E-state index in [1.165, 1.54) is 20.2 Å². The second kappa shape index (κ2) is 5.27. The highest BCUT2D eigenvalue weighted by Crippen LogP contribution is 2.27. The third-order valence-corrected chi connectivity index (χ3v) is 2.21. The quantitative estimate of drug-likeness (QED) is 0.773. The van der Waals surface area contributed by atoms with Gasteiger partial charge in [-0.3, -0.25) is 4.79 Å². The van der Waals surface area contributed by atoms with Crippen molar-refractivity contribution in [2.75, 3.05) is 7.11 Å². The first-order chi connectivity index (χ1) is 8.70. The van der Waals surface area contributed by atoms with Crippen molar-refractivity contribution in [1.29, 1.82) is 0 Å². The van der Waals surface area contributed by atoms with Crippen molar-refractivity contribution < 1.29 is 14.3 Å². The molecule has 1 aromatic heterocycles. The summed E-state index contributed by atoms with van der Waals surface area (Å²) in [6.07, 6.45) is 1.35. The van der Waals surface area contributed by atoms with Gasteiger partial charge in [-0.15, -0.1) is 0 Å². The van der Waals surface area contributed by atoms with E-state index in [9.17, 15) is 4.79 Å². The van der Waals surface area contributed by atoms with E-state index in [0.717, 1.165) is 5.56 Å². The van der Waals surface area contributed by atoms with Crippen molar-refractivity contribution in [3.63, 3.8) is 0 Å². The fraction of sp³-hybridized carbons (Fsp3) is 0.154. The van der Waals surface area contributed by atoms with E-state index in [4.69, 9.17) is 9.47 Å². The van der Waals surface area contributed by atoms with Crippen molar-refractivity contribution in [3.8, 4) is 23.0 Å². The Bertz CT molecular complexity index is 555. The predicted octanol–water partition coefficient (Wildman–Crippen LogP) is 2.08. The van der Waals surface area contributed by atoms with Crippen LogP contribution in [0.25, 0.3) is 11.3 Å². The van der Waals surface area contributed by atoms with Crippen LogP contribution in [0.2, 0.25) is 0 Å². The van der Waals surface area contributed by atoms with Crippen LogP contribution in [0, 0.1) is 0 Å². The third kappa shape index (κ3) is 2.63. The van der Waals surface area contributed by atoms with Gasteiger partial charge in [0.1, 0.15) is 5.69 Å². The Balaban J connectivity index is 2.46. The summed E-state index contributed by atoms with van der Waals surface area (Å²) in [5.74, 6) is 0.104. The molecule has 1 aromatic carbocycles. The highest BCUT2D eigenvalue weighted by molar-refractivity contribution is 5.69. The van der Waals surface area contributed by atoms with Crippen LogP contribution in [0.4, 0.5) is 0 Å². The van der Waals surface area contributed by atoms with Gasteiger partial charge in [0.15, 0.2) is 0 Å². The summed E-state index contributed by atoms with van der Waals surface area (Å²) in [6.45, 7) is 1.31. The molecule has 18 heavy (non-hydrogen) atoms. The number of methoxy groups -OCH3 is 1. The molecule has 0 bridgehead atoms. The second-order valence-corrected chi connectivity index (χ2v) is 3.53. The number of benzene rings is 1. The van der Waals surface area contributed by atoms with Crippen LogP contribution in [-0.4, -0.2) is 23.0 Å². The molecule has 0 radical (unpaired) electrons. The molecule has 1 heterocycles. The van der Waals surface area contributed by atoms with Crippen molar-refractivity contribution in [2.45, 2.75) is 6.92 Å². The number of hydrogen-bond donors (Lipinski definition) is 0. The molecule has 92 valence electrons. The van der Waals surface area contributed by atoms with E-state index in [0.29, 0.717) is 11.6 Å². The Hall–Kier alpha value is -2.43. The van der Waals surface area contributed by atoms with Crippen LogP contribution in [0.1, 0.15) is 6.92 Å². The monoisotopic (exact) mass is 244 g/mol. The van der Waals surface area contributed by atoms with Gasteiger partial charge in [-0.25, -0.2) is 9.97 Å². The van der Waals surface area contributed by atoms with E-state index >= 15 is 0 Å². The molecule has 0 saturated heterocycles. The highest BCUT2D eigenvalue weighted by Gasteiger charge is 2.11. The molecule has 2 aromatic rings. The molecular weight excluding hydrogens is 232 g/mol. The SMILES string of the molecule is COc1ncc(OC(C)=O)nc1-c1ccccc1. The van der Waals surface area contributed by atoms with Crippen molar-refractivity contribution in [3.05, 3.63) is 36.5 Å². The standard InChI is InChI=1S/C13H12N2O3/c1-9(16)18-11-8-14-13(17-2)12(15-11)10-6-4-3-5-7-10/h3-8H,1-2H3. The second-order valence-electron chi connectivity index (χ2n) is 3.53.